The lowest BCUT2D eigenvalue weighted by molar-refractivity contribution is 0.220. The van der Waals surface area contributed by atoms with Crippen LogP contribution in [0.4, 0.5) is 16.2 Å². The molecule has 1 N–H and O–H groups in total. The number of carbonyl (C=O) groups is 1. The van der Waals surface area contributed by atoms with Gasteiger partial charge < -0.3 is 24.4 Å². The molecule has 1 fully saturated rings. The number of hydrogen-bond acceptors (Lipinski definition) is 7. The van der Waals surface area contributed by atoms with Gasteiger partial charge in [0.15, 0.2) is 11.5 Å². The summed E-state index contributed by atoms with van der Waals surface area (Å²) in [6.45, 7) is 6.48. The fourth-order valence-corrected chi connectivity index (χ4v) is 5.13. The van der Waals surface area contributed by atoms with Gasteiger partial charge in [-0.2, -0.15) is 0 Å². The van der Waals surface area contributed by atoms with Gasteiger partial charge in [0.05, 0.1) is 30.9 Å². The first-order valence-electron chi connectivity index (χ1n) is 11.0. The zero-order chi connectivity index (χ0) is 21.9. The van der Waals surface area contributed by atoms with Crippen LogP contribution < -0.4 is 24.4 Å². The van der Waals surface area contributed by atoms with Crippen molar-refractivity contribution in [3.05, 3.63) is 36.4 Å². The van der Waals surface area contributed by atoms with Gasteiger partial charge in [-0.15, -0.1) is 0 Å². The molecule has 0 aromatic heterocycles. The van der Waals surface area contributed by atoms with Gasteiger partial charge in [0.1, 0.15) is 11.4 Å². The number of nitrogens with one attached hydrogen (secondary N) is 1. The van der Waals surface area contributed by atoms with Crippen LogP contribution in [0, 0.1) is 0 Å². The minimum atomic E-state index is -0.114. The zero-order valence-electron chi connectivity index (χ0n) is 18.2. The Morgan fingerprint density at radius 3 is 2.69 bits per heavy atom. The van der Waals surface area contributed by atoms with Crippen molar-refractivity contribution in [3.8, 4) is 17.2 Å². The van der Waals surface area contributed by atoms with Crippen molar-refractivity contribution in [1.29, 1.82) is 0 Å². The van der Waals surface area contributed by atoms with Gasteiger partial charge in [-0.05, 0) is 36.2 Å². The Morgan fingerprint density at radius 1 is 1.03 bits per heavy atom. The van der Waals surface area contributed by atoms with Crippen molar-refractivity contribution in [2.45, 2.75) is 11.3 Å². The number of nitrogens with zero attached hydrogens (tertiary/aromatic N) is 3. The zero-order valence-corrected chi connectivity index (χ0v) is 19.0. The molecule has 2 aromatic carbocycles. The number of fused-ring (bicyclic) bond motifs is 3. The van der Waals surface area contributed by atoms with Gasteiger partial charge in [0.25, 0.3) is 0 Å². The summed E-state index contributed by atoms with van der Waals surface area (Å²) >= 11 is 1.47. The molecule has 0 saturated carbocycles. The number of para-hydroxylation sites is 2. The van der Waals surface area contributed by atoms with E-state index in [1.54, 1.807) is 11.4 Å². The van der Waals surface area contributed by atoms with Crippen LogP contribution in [0.2, 0.25) is 0 Å². The Balaban J connectivity index is 1.17. The highest BCUT2D eigenvalue weighted by molar-refractivity contribution is 7.97. The van der Waals surface area contributed by atoms with Gasteiger partial charge in [0, 0.05) is 45.7 Å². The lowest BCUT2D eigenvalue weighted by atomic mass is 10.2. The van der Waals surface area contributed by atoms with Crippen molar-refractivity contribution in [1.82, 2.24) is 9.21 Å². The van der Waals surface area contributed by atoms with Gasteiger partial charge in [-0.1, -0.05) is 12.1 Å². The van der Waals surface area contributed by atoms with Crippen LogP contribution in [0.1, 0.15) is 6.42 Å². The maximum atomic E-state index is 12.8. The molecule has 3 heterocycles. The number of ether oxygens (including phenoxy) is 3. The number of anilines is 2. The van der Waals surface area contributed by atoms with Gasteiger partial charge in [-0.3, -0.25) is 9.21 Å². The molecule has 1 saturated heterocycles. The van der Waals surface area contributed by atoms with E-state index in [1.165, 1.54) is 11.9 Å². The number of hydrogen-bond donors (Lipinski definition) is 1. The van der Waals surface area contributed by atoms with Crippen molar-refractivity contribution in [2.75, 3.05) is 69.8 Å². The molecule has 2 aromatic rings. The standard InChI is InChI=1S/C23H28N4O4S/c1-29-18-6-3-2-5-17(18)26-12-9-25(10-13-26)11-14-27-23(28)24-21-20(32-27)8-7-19-22(21)31-16-4-15-30-19/h2-3,5-8H,4,9-16H2,1H3,(H,24,28). The normalized spacial score (nSPS) is 18.6. The molecule has 3 aliphatic heterocycles. The topological polar surface area (TPSA) is 66.5 Å². The highest BCUT2D eigenvalue weighted by Gasteiger charge is 2.30. The fourth-order valence-electron chi connectivity index (χ4n) is 4.22. The first-order chi connectivity index (χ1) is 15.7. The molecule has 9 heteroatoms. The second-order valence-corrected chi connectivity index (χ2v) is 9.00. The van der Waals surface area contributed by atoms with E-state index in [0.29, 0.717) is 31.3 Å². The molecular formula is C23H28N4O4S. The average molecular weight is 457 g/mol. The summed E-state index contributed by atoms with van der Waals surface area (Å²) in [6.07, 6.45) is 0.834. The molecule has 170 valence electrons. The summed E-state index contributed by atoms with van der Waals surface area (Å²) in [4.78, 5) is 18.5. The van der Waals surface area contributed by atoms with Gasteiger partial charge in [0.2, 0.25) is 0 Å². The Bertz CT molecular complexity index is 980. The molecule has 0 aliphatic carbocycles. The lowest BCUT2D eigenvalue weighted by Crippen LogP contribution is -2.49. The number of carbonyl (C=O) groups excluding carboxylic acids is 1. The molecule has 0 atom stereocenters. The van der Waals surface area contributed by atoms with Crippen LogP contribution in [0.25, 0.3) is 0 Å². The van der Waals surface area contributed by atoms with Crippen LogP contribution in [0.5, 0.6) is 17.2 Å². The quantitative estimate of drug-likeness (QED) is 0.691. The van der Waals surface area contributed by atoms with Crippen molar-refractivity contribution >= 4 is 29.4 Å². The van der Waals surface area contributed by atoms with Crippen LogP contribution in [-0.4, -0.2) is 74.8 Å². The van der Waals surface area contributed by atoms with Crippen molar-refractivity contribution < 1.29 is 19.0 Å². The highest BCUT2D eigenvalue weighted by Crippen LogP contribution is 2.46. The Hall–Kier alpha value is -2.78. The maximum absolute atomic E-state index is 12.8. The predicted molar refractivity (Wildman–Crippen MR) is 125 cm³/mol. The van der Waals surface area contributed by atoms with Crippen molar-refractivity contribution in [3.63, 3.8) is 0 Å². The molecule has 2 amide bonds. The Morgan fingerprint density at radius 2 is 1.84 bits per heavy atom. The minimum absolute atomic E-state index is 0.114. The Kier molecular flexibility index (Phi) is 6.18. The summed E-state index contributed by atoms with van der Waals surface area (Å²) in [5.41, 5.74) is 1.86. The van der Waals surface area contributed by atoms with E-state index in [2.05, 4.69) is 21.2 Å². The van der Waals surface area contributed by atoms with E-state index in [9.17, 15) is 4.79 Å². The van der Waals surface area contributed by atoms with Crippen LogP contribution in [-0.2, 0) is 0 Å². The lowest BCUT2D eigenvalue weighted by Gasteiger charge is -2.37. The predicted octanol–water partition coefficient (Wildman–Crippen LogP) is 3.53. The summed E-state index contributed by atoms with van der Waals surface area (Å²) in [6, 6.07) is 12.0. The molecule has 0 spiro atoms. The largest absolute Gasteiger partial charge is 0.495 e. The monoisotopic (exact) mass is 456 g/mol. The second kappa shape index (κ2) is 9.38. The second-order valence-electron chi connectivity index (χ2n) is 7.94. The summed E-state index contributed by atoms with van der Waals surface area (Å²) in [7, 11) is 1.71. The molecule has 3 aliphatic rings. The number of urea groups is 1. The van der Waals surface area contributed by atoms with E-state index in [1.807, 2.05) is 30.3 Å². The SMILES string of the molecule is COc1ccccc1N1CCN(CCN2Sc3ccc4c(c3NC2=O)OCCCO4)CC1. The van der Waals surface area contributed by atoms with Crippen LogP contribution >= 0.6 is 11.9 Å². The summed E-state index contributed by atoms with van der Waals surface area (Å²) in [5, 5.41) is 3.02. The third-order valence-electron chi connectivity index (χ3n) is 5.96. The smallest absolute Gasteiger partial charge is 0.332 e. The molecule has 8 nitrogen and oxygen atoms in total. The van der Waals surface area contributed by atoms with E-state index >= 15 is 0 Å². The number of benzene rings is 2. The summed E-state index contributed by atoms with van der Waals surface area (Å²) < 4.78 is 18.9. The first-order valence-corrected chi connectivity index (χ1v) is 11.8. The summed E-state index contributed by atoms with van der Waals surface area (Å²) in [5.74, 6) is 2.25. The third-order valence-corrected chi connectivity index (χ3v) is 7.07. The Labute approximate surface area is 192 Å². The van der Waals surface area contributed by atoms with Gasteiger partial charge in [-0.25, -0.2) is 4.79 Å². The third kappa shape index (κ3) is 4.27. The number of amides is 2. The maximum Gasteiger partial charge on any atom is 0.332 e. The van der Waals surface area contributed by atoms with E-state index < -0.39 is 0 Å². The molecular weight excluding hydrogens is 428 g/mol. The van der Waals surface area contributed by atoms with E-state index in [4.69, 9.17) is 14.2 Å². The molecule has 0 unspecified atom stereocenters. The fraction of sp³-hybridized carbons (Fsp3) is 0.435. The molecule has 0 bridgehead atoms. The number of piperazine rings is 1. The number of rotatable bonds is 5. The molecule has 5 rings (SSSR count). The highest BCUT2D eigenvalue weighted by atomic mass is 32.2. The molecule has 0 radical (unpaired) electrons. The number of methoxy groups -OCH3 is 1. The van der Waals surface area contributed by atoms with Crippen molar-refractivity contribution in [2.24, 2.45) is 0 Å². The van der Waals surface area contributed by atoms with Gasteiger partial charge >= 0.3 is 6.03 Å². The van der Waals surface area contributed by atoms with E-state index in [0.717, 1.165) is 61.2 Å². The first kappa shape index (κ1) is 21.1. The molecule has 32 heavy (non-hydrogen) atoms. The van der Waals surface area contributed by atoms with Crippen LogP contribution in [0.3, 0.4) is 0 Å². The average Bonchev–Trinajstić information content (AvgIpc) is 3.09. The van der Waals surface area contributed by atoms with E-state index in [-0.39, 0.29) is 6.03 Å². The van der Waals surface area contributed by atoms with Crippen LogP contribution in [0.15, 0.2) is 41.3 Å². The minimum Gasteiger partial charge on any atom is -0.495 e.